The van der Waals surface area contributed by atoms with Gasteiger partial charge in [0.25, 0.3) is 0 Å². The number of hydrogen-bond acceptors (Lipinski definition) is 2. The molecule has 0 N–H and O–H groups in total. The zero-order valence-corrected chi connectivity index (χ0v) is 8.71. The van der Waals surface area contributed by atoms with E-state index in [1.807, 2.05) is 24.3 Å². The van der Waals surface area contributed by atoms with Crippen LogP contribution in [0, 0.1) is 0 Å². The number of aromatic nitrogens is 1. The molecule has 0 aliphatic rings. The fourth-order valence-corrected chi connectivity index (χ4v) is 1.74. The molecule has 2 rings (SSSR count). The summed E-state index contributed by atoms with van der Waals surface area (Å²) in [6.45, 7) is 0. The van der Waals surface area contributed by atoms with Gasteiger partial charge in [-0.05, 0) is 22.0 Å². The van der Waals surface area contributed by atoms with Gasteiger partial charge in [-0.3, -0.25) is 0 Å². The van der Waals surface area contributed by atoms with E-state index in [1.54, 1.807) is 13.3 Å². The van der Waals surface area contributed by atoms with E-state index in [9.17, 15) is 0 Å². The highest BCUT2D eigenvalue weighted by atomic mass is 79.9. The van der Waals surface area contributed by atoms with E-state index in [0.717, 1.165) is 15.2 Å². The number of ether oxygens (including phenoxy) is 1. The van der Waals surface area contributed by atoms with Gasteiger partial charge in [-0.15, -0.1) is 0 Å². The number of methoxy groups -OCH3 is 1. The van der Waals surface area contributed by atoms with Crippen molar-refractivity contribution in [2.24, 2.45) is 0 Å². The Balaban J connectivity index is 2.84. The minimum Gasteiger partial charge on any atom is -0.481 e. The summed E-state index contributed by atoms with van der Waals surface area (Å²) in [7, 11) is 1.63. The standard InChI is InChI=1S/C10H8BrNO/c1-13-10-8-5-3-2-4-7(8)9(11)6-12-10/h2-6H,1H3. The number of pyridine rings is 1. The quantitative estimate of drug-likeness (QED) is 0.761. The largest absolute Gasteiger partial charge is 0.481 e. The molecule has 3 heteroatoms. The third-order valence-corrected chi connectivity index (χ3v) is 2.54. The highest BCUT2D eigenvalue weighted by Crippen LogP contribution is 2.28. The van der Waals surface area contributed by atoms with E-state index >= 15 is 0 Å². The fourth-order valence-electron chi connectivity index (χ4n) is 1.29. The summed E-state index contributed by atoms with van der Waals surface area (Å²) < 4.78 is 6.14. The predicted molar refractivity (Wildman–Crippen MR) is 56.0 cm³/mol. The zero-order valence-electron chi connectivity index (χ0n) is 7.12. The van der Waals surface area contributed by atoms with Crippen molar-refractivity contribution in [1.82, 2.24) is 4.98 Å². The SMILES string of the molecule is COc1ncc(Br)c2ccccc12. The van der Waals surface area contributed by atoms with Crippen molar-refractivity contribution in [3.05, 3.63) is 34.9 Å². The summed E-state index contributed by atoms with van der Waals surface area (Å²) in [6, 6.07) is 7.99. The molecule has 0 aliphatic carbocycles. The highest BCUT2D eigenvalue weighted by Gasteiger charge is 2.03. The van der Waals surface area contributed by atoms with Crippen LogP contribution in [0.3, 0.4) is 0 Å². The molecule has 0 amide bonds. The average molecular weight is 238 g/mol. The first-order chi connectivity index (χ1) is 6.33. The van der Waals surface area contributed by atoms with Gasteiger partial charge >= 0.3 is 0 Å². The van der Waals surface area contributed by atoms with Crippen molar-refractivity contribution in [3.8, 4) is 5.88 Å². The second kappa shape index (κ2) is 3.34. The molecule has 13 heavy (non-hydrogen) atoms. The maximum Gasteiger partial charge on any atom is 0.221 e. The van der Waals surface area contributed by atoms with Crippen LogP contribution in [0.15, 0.2) is 34.9 Å². The Morgan fingerprint density at radius 2 is 1.92 bits per heavy atom. The Hall–Kier alpha value is -1.09. The predicted octanol–water partition coefficient (Wildman–Crippen LogP) is 3.01. The van der Waals surface area contributed by atoms with E-state index in [2.05, 4.69) is 20.9 Å². The van der Waals surface area contributed by atoms with Gasteiger partial charge in [-0.25, -0.2) is 4.98 Å². The minimum absolute atomic E-state index is 0.666. The molecule has 1 aromatic carbocycles. The lowest BCUT2D eigenvalue weighted by Gasteiger charge is -2.04. The Kier molecular flexibility index (Phi) is 2.19. The monoisotopic (exact) mass is 237 g/mol. The summed E-state index contributed by atoms with van der Waals surface area (Å²) >= 11 is 3.44. The molecule has 0 fully saturated rings. The summed E-state index contributed by atoms with van der Waals surface area (Å²) in [5, 5.41) is 2.15. The lowest BCUT2D eigenvalue weighted by molar-refractivity contribution is 0.403. The number of hydrogen-bond donors (Lipinski definition) is 0. The van der Waals surface area contributed by atoms with Crippen LogP contribution < -0.4 is 4.74 Å². The number of fused-ring (bicyclic) bond motifs is 1. The van der Waals surface area contributed by atoms with Crippen molar-refractivity contribution < 1.29 is 4.74 Å². The molecule has 0 unspecified atom stereocenters. The molecule has 0 saturated carbocycles. The number of halogens is 1. The van der Waals surface area contributed by atoms with Crippen molar-refractivity contribution in [2.45, 2.75) is 0 Å². The fraction of sp³-hybridized carbons (Fsp3) is 0.100. The number of rotatable bonds is 1. The third kappa shape index (κ3) is 1.40. The Labute approximate surface area is 84.7 Å². The molecule has 0 spiro atoms. The van der Waals surface area contributed by atoms with Crippen LogP contribution in [-0.2, 0) is 0 Å². The van der Waals surface area contributed by atoms with Crippen molar-refractivity contribution in [1.29, 1.82) is 0 Å². The molecular weight excluding hydrogens is 230 g/mol. The van der Waals surface area contributed by atoms with Crippen LogP contribution >= 0.6 is 15.9 Å². The van der Waals surface area contributed by atoms with Gasteiger partial charge in [0.1, 0.15) is 0 Å². The van der Waals surface area contributed by atoms with Crippen LogP contribution in [0.4, 0.5) is 0 Å². The molecule has 1 heterocycles. The normalized spacial score (nSPS) is 10.3. The molecular formula is C10H8BrNO. The minimum atomic E-state index is 0.666. The lowest BCUT2D eigenvalue weighted by atomic mass is 10.2. The summed E-state index contributed by atoms with van der Waals surface area (Å²) in [4.78, 5) is 4.16. The van der Waals surface area contributed by atoms with E-state index in [0.29, 0.717) is 5.88 Å². The molecule has 0 radical (unpaired) electrons. The lowest BCUT2D eigenvalue weighted by Crippen LogP contribution is -1.88. The highest BCUT2D eigenvalue weighted by molar-refractivity contribution is 9.10. The van der Waals surface area contributed by atoms with Crippen molar-refractivity contribution >= 4 is 26.7 Å². The zero-order chi connectivity index (χ0) is 9.26. The number of benzene rings is 1. The molecule has 1 aromatic heterocycles. The first kappa shape index (κ1) is 8.51. The van der Waals surface area contributed by atoms with Crippen LogP contribution in [0.2, 0.25) is 0 Å². The van der Waals surface area contributed by atoms with E-state index in [-0.39, 0.29) is 0 Å². The van der Waals surface area contributed by atoms with Crippen LogP contribution in [0.5, 0.6) is 5.88 Å². The van der Waals surface area contributed by atoms with Crippen molar-refractivity contribution in [2.75, 3.05) is 7.11 Å². The van der Waals surface area contributed by atoms with Gasteiger partial charge in [0.2, 0.25) is 5.88 Å². The van der Waals surface area contributed by atoms with Gasteiger partial charge in [-0.1, -0.05) is 18.2 Å². The van der Waals surface area contributed by atoms with E-state index in [1.165, 1.54) is 0 Å². The molecule has 66 valence electrons. The van der Waals surface area contributed by atoms with Crippen LogP contribution in [-0.4, -0.2) is 12.1 Å². The van der Waals surface area contributed by atoms with Gasteiger partial charge in [0.15, 0.2) is 0 Å². The summed E-state index contributed by atoms with van der Waals surface area (Å²) in [5.74, 6) is 0.666. The van der Waals surface area contributed by atoms with E-state index < -0.39 is 0 Å². The van der Waals surface area contributed by atoms with Gasteiger partial charge in [0.05, 0.1) is 7.11 Å². The maximum absolute atomic E-state index is 5.15. The second-order valence-electron chi connectivity index (χ2n) is 2.66. The molecule has 2 nitrogen and oxygen atoms in total. The van der Waals surface area contributed by atoms with Gasteiger partial charge in [-0.2, -0.15) is 0 Å². The molecule has 2 aromatic rings. The first-order valence-electron chi connectivity index (χ1n) is 3.90. The Morgan fingerprint density at radius 1 is 1.23 bits per heavy atom. The molecule has 0 saturated heterocycles. The smallest absolute Gasteiger partial charge is 0.221 e. The van der Waals surface area contributed by atoms with Crippen molar-refractivity contribution in [3.63, 3.8) is 0 Å². The molecule has 0 atom stereocenters. The maximum atomic E-state index is 5.15. The topological polar surface area (TPSA) is 22.1 Å². The summed E-state index contributed by atoms with van der Waals surface area (Å²) in [6.07, 6.45) is 1.75. The Bertz CT molecular complexity index is 442. The van der Waals surface area contributed by atoms with Gasteiger partial charge in [0, 0.05) is 21.4 Å². The van der Waals surface area contributed by atoms with Crippen LogP contribution in [0.1, 0.15) is 0 Å². The average Bonchev–Trinajstić information content (AvgIpc) is 2.19. The Morgan fingerprint density at radius 3 is 2.62 bits per heavy atom. The molecule has 0 aliphatic heterocycles. The third-order valence-electron chi connectivity index (χ3n) is 1.90. The second-order valence-corrected chi connectivity index (χ2v) is 3.52. The number of nitrogens with zero attached hydrogens (tertiary/aromatic N) is 1. The van der Waals surface area contributed by atoms with Crippen LogP contribution in [0.25, 0.3) is 10.8 Å². The van der Waals surface area contributed by atoms with Gasteiger partial charge < -0.3 is 4.74 Å². The summed E-state index contributed by atoms with van der Waals surface area (Å²) in [5.41, 5.74) is 0. The molecule has 0 bridgehead atoms. The first-order valence-corrected chi connectivity index (χ1v) is 4.69. The van der Waals surface area contributed by atoms with E-state index in [4.69, 9.17) is 4.74 Å².